The molecule has 2 rings (SSSR count). The second-order valence-corrected chi connectivity index (χ2v) is 5.78. The van der Waals surface area contributed by atoms with Gasteiger partial charge in [0.1, 0.15) is 6.04 Å². The number of amides is 2. The van der Waals surface area contributed by atoms with Gasteiger partial charge in [-0.05, 0) is 19.8 Å². The second kappa shape index (κ2) is 6.21. The molecule has 0 bridgehead atoms. The molecule has 23 heavy (non-hydrogen) atoms. The summed E-state index contributed by atoms with van der Waals surface area (Å²) >= 11 is 0. The highest BCUT2D eigenvalue weighted by Crippen LogP contribution is 2.32. The predicted molar refractivity (Wildman–Crippen MR) is 75.7 cm³/mol. The molecule has 1 aliphatic rings. The standard InChI is InChI=1S/C14H19F3N4O2/c1-8-11(7-20(3)19-8)13(23)18-10-4-5-12(14(15,16)17)21(6-10)9(2)22/h7,10,12H,4-6H2,1-3H3,(H,18,23)/t10-,12+/m1/s1. The third kappa shape index (κ3) is 3.83. The summed E-state index contributed by atoms with van der Waals surface area (Å²) in [6.07, 6.45) is -2.96. The molecule has 0 radical (unpaired) electrons. The zero-order valence-corrected chi connectivity index (χ0v) is 13.1. The first-order valence-corrected chi connectivity index (χ1v) is 7.24. The van der Waals surface area contributed by atoms with Crippen LogP contribution in [0.5, 0.6) is 0 Å². The van der Waals surface area contributed by atoms with Crippen molar-refractivity contribution in [2.75, 3.05) is 6.54 Å². The molecular formula is C14H19F3N4O2. The Morgan fingerprint density at radius 3 is 2.48 bits per heavy atom. The summed E-state index contributed by atoms with van der Waals surface area (Å²) in [4.78, 5) is 24.5. The molecule has 1 aliphatic heterocycles. The highest BCUT2D eigenvalue weighted by molar-refractivity contribution is 5.95. The van der Waals surface area contributed by atoms with Crippen LogP contribution in [0.1, 0.15) is 35.8 Å². The fourth-order valence-corrected chi connectivity index (χ4v) is 2.86. The SMILES string of the molecule is CC(=O)N1C[C@H](NC(=O)c2cn(C)nc2C)CC[C@H]1C(F)(F)F. The number of likely N-dealkylation sites (tertiary alicyclic amines) is 1. The quantitative estimate of drug-likeness (QED) is 0.890. The molecule has 6 nitrogen and oxygen atoms in total. The van der Waals surface area contributed by atoms with Gasteiger partial charge in [-0.2, -0.15) is 18.3 Å². The maximum Gasteiger partial charge on any atom is 0.408 e. The van der Waals surface area contributed by atoms with Crippen molar-refractivity contribution in [2.24, 2.45) is 7.05 Å². The maximum atomic E-state index is 13.0. The number of carbonyl (C=O) groups is 2. The normalized spacial score (nSPS) is 22.1. The van der Waals surface area contributed by atoms with Crippen molar-refractivity contribution in [3.63, 3.8) is 0 Å². The minimum Gasteiger partial charge on any atom is -0.347 e. The summed E-state index contributed by atoms with van der Waals surface area (Å²) in [6, 6.07) is -2.29. The number of hydrogen-bond acceptors (Lipinski definition) is 3. The smallest absolute Gasteiger partial charge is 0.347 e. The molecule has 1 aromatic heterocycles. The van der Waals surface area contributed by atoms with Crippen LogP contribution in [0, 0.1) is 6.92 Å². The lowest BCUT2D eigenvalue weighted by molar-refractivity contribution is -0.196. The number of piperidine rings is 1. The second-order valence-electron chi connectivity index (χ2n) is 5.78. The van der Waals surface area contributed by atoms with Crippen LogP contribution in [0.3, 0.4) is 0 Å². The number of carbonyl (C=O) groups excluding carboxylic acids is 2. The van der Waals surface area contributed by atoms with Crippen LogP contribution in [-0.4, -0.2) is 51.3 Å². The van der Waals surface area contributed by atoms with Crippen molar-refractivity contribution in [3.05, 3.63) is 17.5 Å². The van der Waals surface area contributed by atoms with Crippen molar-refractivity contribution in [1.29, 1.82) is 0 Å². The molecule has 128 valence electrons. The van der Waals surface area contributed by atoms with E-state index in [0.717, 1.165) is 11.8 Å². The Kier molecular flexibility index (Phi) is 4.67. The maximum absolute atomic E-state index is 13.0. The Hall–Kier alpha value is -2.06. The van der Waals surface area contributed by atoms with Crippen LogP contribution >= 0.6 is 0 Å². The van der Waals surface area contributed by atoms with E-state index in [0.29, 0.717) is 11.3 Å². The minimum atomic E-state index is -4.46. The lowest BCUT2D eigenvalue weighted by Crippen LogP contribution is -2.57. The average Bonchev–Trinajstić information content (AvgIpc) is 2.76. The van der Waals surface area contributed by atoms with Gasteiger partial charge in [0.15, 0.2) is 0 Å². The Bertz CT molecular complexity index is 612. The third-order valence-corrected chi connectivity index (χ3v) is 3.96. The van der Waals surface area contributed by atoms with E-state index in [1.54, 1.807) is 20.2 Å². The van der Waals surface area contributed by atoms with Gasteiger partial charge >= 0.3 is 6.18 Å². The molecule has 1 N–H and O–H groups in total. The molecule has 0 spiro atoms. The molecular weight excluding hydrogens is 313 g/mol. The fourth-order valence-electron chi connectivity index (χ4n) is 2.86. The molecule has 2 amide bonds. The van der Waals surface area contributed by atoms with Gasteiger partial charge in [-0.3, -0.25) is 14.3 Å². The topological polar surface area (TPSA) is 67.2 Å². The Morgan fingerprint density at radius 2 is 2.00 bits per heavy atom. The van der Waals surface area contributed by atoms with Gasteiger partial charge in [0.2, 0.25) is 5.91 Å². The number of hydrogen-bond donors (Lipinski definition) is 1. The average molecular weight is 332 g/mol. The summed E-state index contributed by atoms with van der Waals surface area (Å²) in [7, 11) is 1.68. The molecule has 0 aromatic carbocycles. The van der Waals surface area contributed by atoms with E-state index in [2.05, 4.69) is 10.4 Å². The largest absolute Gasteiger partial charge is 0.408 e. The van der Waals surface area contributed by atoms with Crippen LogP contribution in [0.25, 0.3) is 0 Å². The third-order valence-electron chi connectivity index (χ3n) is 3.96. The zero-order valence-electron chi connectivity index (χ0n) is 13.1. The monoisotopic (exact) mass is 332 g/mol. The van der Waals surface area contributed by atoms with Crippen LogP contribution < -0.4 is 5.32 Å². The van der Waals surface area contributed by atoms with Gasteiger partial charge in [0, 0.05) is 32.8 Å². The minimum absolute atomic E-state index is 0.148. The number of aromatic nitrogens is 2. The van der Waals surface area contributed by atoms with Crippen molar-refractivity contribution in [1.82, 2.24) is 20.0 Å². The highest BCUT2D eigenvalue weighted by Gasteiger charge is 2.47. The highest BCUT2D eigenvalue weighted by atomic mass is 19.4. The molecule has 0 unspecified atom stereocenters. The van der Waals surface area contributed by atoms with Crippen LogP contribution in [0.15, 0.2) is 6.20 Å². The molecule has 0 aliphatic carbocycles. The predicted octanol–water partition coefficient (Wildman–Crippen LogP) is 1.40. The van der Waals surface area contributed by atoms with Crippen molar-refractivity contribution in [2.45, 2.75) is 44.9 Å². The number of rotatable bonds is 2. The van der Waals surface area contributed by atoms with Crippen LogP contribution in [-0.2, 0) is 11.8 Å². The van der Waals surface area contributed by atoms with E-state index >= 15 is 0 Å². The molecule has 9 heteroatoms. The summed E-state index contributed by atoms with van der Waals surface area (Å²) in [5.41, 5.74) is 0.914. The van der Waals surface area contributed by atoms with E-state index in [4.69, 9.17) is 0 Å². The van der Waals surface area contributed by atoms with E-state index in [-0.39, 0.29) is 19.4 Å². The molecule has 1 aromatic rings. The molecule has 2 atom stereocenters. The number of aryl methyl sites for hydroxylation is 2. The van der Waals surface area contributed by atoms with Crippen molar-refractivity contribution >= 4 is 11.8 Å². The Labute approximate surface area is 131 Å². The van der Waals surface area contributed by atoms with Gasteiger partial charge in [-0.1, -0.05) is 0 Å². The van der Waals surface area contributed by atoms with Crippen molar-refractivity contribution in [3.8, 4) is 0 Å². The Morgan fingerprint density at radius 1 is 1.35 bits per heavy atom. The molecule has 1 fully saturated rings. The molecule has 2 heterocycles. The fraction of sp³-hybridized carbons (Fsp3) is 0.643. The first-order chi connectivity index (χ1) is 10.6. The summed E-state index contributed by atoms with van der Waals surface area (Å²) in [5.74, 6) is -1.04. The number of nitrogens with one attached hydrogen (secondary N) is 1. The summed E-state index contributed by atoms with van der Waals surface area (Å²) < 4.78 is 40.4. The summed E-state index contributed by atoms with van der Waals surface area (Å²) in [5, 5.41) is 6.75. The van der Waals surface area contributed by atoms with Gasteiger partial charge in [0.05, 0.1) is 11.3 Å². The zero-order chi connectivity index (χ0) is 17.4. The van der Waals surface area contributed by atoms with E-state index in [1.807, 2.05) is 0 Å². The lowest BCUT2D eigenvalue weighted by Gasteiger charge is -2.40. The van der Waals surface area contributed by atoms with E-state index < -0.39 is 30.1 Å². The van der Waals surface area contributed by atoms with Crippen molar-refractivity contribution < 1.29 is 22.8 Å². The Balaban J connectivity index is 2.07. The van der Waals surface area contributed by atoms with E-state index in [1.165, 1.54) is 4.68 Å². The van der Waals surface area contributed by atoms with Gasteiger partial charge < -0.3 is 10.2 Å². The van der Waals surface area contributed by atoms with Crippen LogP contribution in [0.4, 0.5) is 13.2 Å². The van der Waals surface area contributed by atoms with Crippen LogP contribution in [0.2, 0.25) is 0 Å². The van der Waals surface area contributed by atoms with Gasteiger partial charge in [-0.25, -0.2) is 0 Å². The molecule has 0 saturated carbocycles. The molecule has 1 saturated heterocycles. The lowest BCUT2D eigenvalue weighted by atomic mass is 9.97. The number of alkyl halides is 3. The summed E-state index contributed by atoms with van der Waals surface area (Å²) in [6.45, 7) is 2.64. The van der Waals surface area contributed by atoms with E-state index in [9.17, 15) is 22.8 Å². The van der Waals surface area contributed by atoms with Gasteiger partial charge in [0.25, 0.3) is 5.91 Å². The number of nitrogens with zero attached hydrogens (tertiary/aromatic N) is 3. The number of halogens is 3. The van der Waals surface area contributed by atoms with Gasteiger partial charge in [-0.15, -0.1) is 0 Å². The first-order valence-electron chi connectivity index (χ1n) is 7.24. The first kappa shape index (κ1) is 17.3.